The third-order valence-electron chi connectivity index (χ3n) is 4.36. The van der Waals surface area contributed by atoms with Gasteiger partial charge >= 0.3 is 0 Å². The van der Waals surface area contributed by atoms with Crippen molar-refractivity contribution in [3.8, 4) is 0 Å². The average molecular weight is 289 g/mol. The summed E-state index contributed by atoms with van der Waals surface area (Å²) in [4.78, 5) is 11.5. The van der Waals surface area contributed by atoms with Crippen molar-refractivity contribution in [2.45, 2.75) is 44.7 Å². The van der Waals surface area contributed by atoms with Gasteiger partial charge in [0.05, 0.1) is 18.1 Å². The number of hydrazine groups is 1. The van der Waals surface area contributed by atoms with Gasteiger partial charge in [-0.15, -0.1) is 0 Å². The molecule has 0 saturated heterocycles. The lowest BCUT2D eigenvalue weighted by Gasteiger charge is -2.30. The summed E-state index contributed by atoms with van der Waals surface area (Å²) >= 11 is 0. The largest absolute Gasteiger partial charge is 0.308 e. The van der Waals surface area contributed by atoms with Crippen LogP contribution in [0, 0.1) is 0 Å². The third-order valence-corrected chi connectivity index (χ3v) is 4.36. The Hall–Kier alpha value is -1.73. The first-order valence-electron chi connectivity index (χ1n) is 7.54. The molecule has 1 saturated carbocycles. The minimum atomic E-state index is 0.638. The molecule has 21 heavy (non-hydrogen) atoms. The van der Waals surface area contributed by atoms with Crippen LogP contribution in [-0.2, 0) is 13.6 Å². The number of nitrogen functional groups attached to an aromatic ring is 1. The monoisotopic (exact) mass is 289 g/mol. The second-order valence-electron chi connectivity index (χ2n) is 5.85. The molecule has 0 bridgehead atoms. The van der Waals surface area contributed by atoms with E-state index in [1.54, 1.807) is 10.9 Å². The molecule has 7 nitrogen and oxygen atoms in total. The Morgan fingerprint density at radius 3 is 2.81 bits per heavy atom. The Balaban J connectivity index is 1.84. The van der Waals surface area contributed by atoms with Crippen LogP contribution in [-0.4, -0.2) is 37.7 Å². The number of fused-ring (bicyclic) bond motifs is 1. The molecule has 0 radical (unpaired) electrons. The highest BCUT2D eigenvalue weighted by Gasteiger charge is 2.20. The standard InChI is InChI=1S/C14H23N7/c1-20(10-6-4-3-5-7-10)9-12-17-13(19-15)11-8-16-21(2)14(11)18-12/h8,10H,3-7,9,15H2,1-2H3,(H,17,18,19). The van der Waals surface area contributed by atoms with E-state index >= 15 is 0 Å². The quantitative estimate of drug-likeness (QED) is 0.654. The van der Waals surface area contributed by atoms with Crippen LogP contribution in [0.4, 0.5) is 5.82 Å². The van der Waals surface area contributed by atoms with E-state index in [-0.39, 0.29) is 0 Å². The van der Waals surface area contributed by atoms with E-state index in [4.69, 9.17) is 5.84 Å². The molecular formula is C14H23N7. The maximum atomic E-state index is 5.58. The molecule has 0 spiro atoms. The number of rotatable bonds is 4. The van der Waals surface area contributed by atoms with Gasteiger partial charge in [-0.1, -0.05) is 19.3 Å². The first-order chi connectivity index (χ1) is 10.2. The van der Waals surface area contributed by atoms with Crippen LogP contribution in [0.1, 0.15) is 37.9 Å². The van der Waals surface area contributed by atoms with Crippen LogP contribution in [0.5, 0.6) is 0 Å². The summed E-state index contributed by atoms with van der Waals surface area (Å²) in [5.41, 5.74) is 3.46. The van der Waals surface area contributed by atoms with Gasteiger partial charge < -0.3 is 5.43 Å². The van der Waals surface area contributed by atoms with Gasteiger partial charge in [0.15, 0.2) is 11.5 Å². The lowest BCUT2D eigenvalue weighted by Crippen LogP contribution is -2.33. The second-order valence-corrected chi connectivity index (χ2v) is 5.85. The summed E-state index contributed by atoms with van der Waals surface area (Å²) in [6.07, 6.45) is 8.29. The normalized spacial score (nSPS) is 16.8. The number of aromatic nitrogens is 4. The molecule has 1 aliphatic rings. The topological polar surface area (TPSA) is 84.9 Å². The van der Waals surface area contributed by atoms with Gasteiger partial charge in [0.1, 0.15) is 5.82 Å². The van der Waals surface area contributed by atoms with Crippen LogP contribution < -0.4 is 11.3 Å². The van der Waals surface area contributed by atoms with Crippen molar-refractivity contribution in [1.82, 2.24) is 24.6 Å². The van der Waals surface area contributed by atoms with Crippen molar-refractivity contribution in [3.63, 3.8) is 0 Å². The van der Waals surface area contributed by atoms with Gasteiger partial charge in [0.2, 0.25) is 0 Å². The molecule has 3 N–H and O–H groups in total. The first-order valence-corrected chi connectivity index (χ1v) is 7.54. The summed E-state index contributed by atoms with van der Waals surface area (Å²) in [7, 11) is 4.03. The van der Waals surface area contributed by atoms with Gasteiger partial charge in [0, 0.05) is 13.1 Å². The molecule has 0 aromatic carbocycles. The fourth-order valence-electron chi connectivity index (χ4n) is 3.12. The van der Waals surface area contributed by atoms with Crippen LogP contribution in [0.2, 0.25) is 0 Å². The zero-order valence-corrected chi connectivity index (χ0v) is 12.7. The predicted molar refractivity (Wildman–Crippen MR) is 82.5 cm³/mol. The summed E-state index contributed by atoms with van der Waals surface area (Å²) < 4.78 is 1.75. The van der Waals surface area contributed by atoms with E-state index in [0.29, 0.717) is 11.9 Å². The average Bonchev–Trinajstić information content (AvgIpc) is 2.89. The molecule has 114 valence electrons. The molecular weight excluding hydrogens is 266 g/mol. The fraction of sp³-hybridized carbons (Fsp3) is 0.643. The van der Waals surface area contributed by atoms with Gasteiger partial charge in [0.25, 0.3) is 0 Å². The number of nitrogens with zero attached hydrogens (tertiary/aromatic N) is 5. The highest BCUT2D eigenvalue weighted by Crippen LogP contribution is 2.23. The van der Waals surface area contributed by atoms with E-state index in [1.165, 1.54) is 32.1 Å². The highest BCUT2D eigenvalue weighted by atomic mass is 15.3. The van der Waals surface area contributed by atoms with Gasteiger partial charge in [-0.3, -0.25) is 9.58 Å². The molecule has 0 atom stereocenters. The number of nitrogens with one attached hydrogen (secondary N) is 1. The molecule has 1 aliphatic carbocycles. The summed E-state index contributed by atoms with van der Waals surface area (Å²) in [5.74, 6) is 7.00. The molecule has 2 aromatic heterocycles. The molecule has 3 rings (SSSR count). The van der Waals surface area contributed by atoms with Crippen LogP contribution in [0.15, 0.2) is 6.20 Å². The molecule has 2 heterocycles. The zero-order valence-electron chi connectivity index (χ0n) is 12.7. The second kappa shape index (κ2) is 5.95. The molecule has 0 unspecified atom stereocenters. The molecule has 7 heteroatoms. The Morgan fingerprint density at radius 2 is 2.10 bits per heavy atom. The SMILES string of the molecule is CN(Cc1nc(NN)c2cnn(C)c2n1)C1CCCCC1. The van der Waals surface area contributed by atoms with Gasteiger partial charge in [-0.2, -0.15) is 5.10 Å². The van der Waals surface area contributed by atoms with Crippen LogP contribution >= 0.6 is 0 Å². The molecule has 2 aromatic rings. The van der Waals surface area contributed by atoms with Gasteiger partial charge in [-0.25, -0.2) is 15.8 Å². The van der Waals surface area contributed by atoms with Gasteiger partial charge in [-0.05, 0) is 19.9 Å². The predicted octanol–water partition coefficient (Wildman–Crippen LogP) is 1.41. The van der Waals surface area contributed by atoms with Crippen LogP contribution in [0.3, 0.4) is 0 Å². The van der Waals surface area contributed by atoms with E-state index < -0.39 is 0 Å². The van der Waals surface area contributed by atoms with Crippen molar-refractivity contribution in [2.75, 3.05) is 12.5 Å². The summed E-state index contributed by atoms with van der Waals surface area (Å²) in [6.45, 7) is 0.737. The molecule has 0 aliphatic heterocycles. The van der Waals surface area contributed by atoms with E-state index in [2.05, 4.69) is 32.4 Å². The van der Waals surface area contributed by atoms with E-state index in [0.717, 1.165) is 23.4 Å². The van der Waals surface area contributed by atoms with Crippen molar-refractivity contribution >= 4 is 16.9 Å². The van der Waals surface area contributed by atoms with Crippen molar-refractivity contribution in [1.29, 1.82) is 0 Å². The van der Waals surface area contributed by atoms with Crippen LogP contribution in [0.25, 0.3) is 11.0 Å². The van der Waals surface area contributed by atoms with Crippen molar-refractivity contribution in [3.05, 3.63) is 12.0 Å². The Bertz CT molecular complexity index is 615. The lowest BCUT2D eigenvalue weighted by atomic mass is 9.94. The van der Waals surface area contributed by atoms with Crippen molar-refractivity contribution < 1.29 is 0 Å². The first kappa shape index (κ1) is 14.2. The third kappa shape index (κ3) is 2.84. The number of hydrogen-bond acceptors (Lipinski definition) is 6. The minimum Gasteiger partial charge on any atom is -0.308 e. The van der Waals surface area contributed by atoms with E-state index in [1.807, 2.05) is 7.05 Å². The Labute approximate surface area is 124 Å². The number of hydrogen-bond donors (Lipinski definition) is 2. The summed E-state index contributed by atoms with van der Waals surface area (Å²) in [5, 5.41) is 5.07. The number of anilines is 1. The summed E-state index contributed by atoms with van der Waals surface area (Å²) in [6, 6.07) is 0.638. The number of aryl methyl sites for hydroxylation is 1. The smallest absolute Gasteiger partial charge is 0.163 e. The Kier molecular flexibility index (Phi) is 4.03. The zero-order chi connectivity index (χ0) is 14.8. The molecule has 1 fully saturated rings. The van der Waals surface area contributed by atoms with Crippen molar-refractivity contribution in [2.24, 2.45) is 12.9 Å². The maximum Gasteiger partial charge on any atom is 0.163 e. The van der Waals surface area contributed by atoms with E-state index in [9.17, 15) is 0 Å². The Morgan fingerprint density at radius 1 is 1.33 bits per heavy atom. The lowest BCUT2D eigenvalue weighted by molar-refractivity contribution is 0.181. The maximum absolute atomic E-state index is 5.58. The minimum absolute atomic E-state index is 0.638. The highest BCUT2D eigenvalue weighted by molar-refractivity contribution is 5.86. The molecule has 0 amide bonds. The number of nitrogens with two attached hydrogens (primary N) is 1. The fourth-order valence-corrected chi connectivity index (χ4v) is 3.12.